The van der Waals surface area contributed by atoms with Gasteiger partial charge in [-0.2, -0.15) is 0 Å². The van der Waals surface area contributed by atoms with Gasteiger partial charge in [-0.1, -0.05) is 15.9 Å². The number of halogens is 3. The number of ether oxygens (including phenoxy) is 1. The van der Waals surface area contributed by atoms with Crippen molar-refractivity contribution in [3.8, 4) is 5.75 Å². The van der Waals surface area contributed by atoms with Crippen LogP contribution in [0.4, 0.5) is 8.78 Å². The van der Waals surface area contributed by atoms with Crippen molar-refractivity contribution in [2.45, 2.75) is 32.1 Å². The molecule has 6 heteroatoms. The molecule has 0 spiro atoms. The van der Waals surface area contributed by atoms with Crippen LogP contribution >= 0.6 is 15.9 Å². The quantitative estimate of drug-likeness (QED) is 0.811. The highest BCUT2D eigenvalue weighted by molar-refractivity contribution is 9.10. The van der Waals surface area contributed by atoms with E-state index in [2.05, 4.69) is 15.9 Å². The van der Waals surface area contributed by atoms with E-state index in [0.29, 0.717) is 12.4 Å². The van der Waals surface area contributed by atoms with Crippen LogP contribution in [0, 0.1) is 0 Å². The Morgan fingerprint density at radius 2 is 2.16 bits per heavy atom. The molecule has 0 heterocycles. The van der Waals surface area contributed by atoms with Crippen LogP contribution in [0.25, 0.3) is 0 Å². The summed E-state index contributed by atoms with van der Waals surface area (Å²) < 4.78 is 33.3. The zero-order chi connectivity index (χ0) is 14.5. The summed E-state index contributed by atoms with van der Waals surface area (Å²) in [7, 11) is 0. The highest BCUT2D eigenvalue weighted by Gasteiger charge is 2.33. The maximum absolute atomic E-state index is 13.9. The van der Waals surface area contributed by atoms with Crippen molar-refractivity contribution in [3.05, 3.63) is 28.2 Å². The number of carboxylic acid groups (broad SMARTS) is 1. The molecule has 19 heavy (non-hydrogen) atoms. The molecule has 0 fully saturated rings. The molecule has 106 valence electrons. The van der Waals surface area contributed by atoms with Gasteiger partial charge >= 0.3 is 5.97 Å². The first-order chi connectivity index (χ1) is 8.86. The topological polar surface area (TPSA) is 46.5 Å². The number of benzene rings is 1. The second-order valence-corrected chi connectivity index (χ2v) is 4.88. The Morgan fingerprint density at radius 3 is 2.68 bits per heavy atom. The zero-order valence-corrected chi connectivity index (χ0v) is 12.0. The fourth-order valence-corrected chi connectivity index (χ4v) is 2.29. The summed E-state index contributed by atoms with van der Waals surface area (Å²) in [6.07, 6.45) is -0.821. The van der Waals surface area contributed by atoms with E-state index in [1.807, 2.05) is 6.92 Å². The maximum atomic E-state index is 13.9. The fourth-order valence-electron chi connectivity index (χ4n) is 1.65. The van der Waals surface area contributed by atoms with Crippen molar-refractivity contribution in [1.82, 2.24) is 0 Å². The van der Waals surface area contributed by atoms with Crippen molar-refractivity contribution in [1.29, 1.82) is 0 Å². The van der Waals surface area contributed by atoms with Gasteiger partial charge in [-0.25, -0.2) is 8.78 Å². The molecule has 0 aromatic heterocycles. The van der Waals surface area contributed by atoms with Gasteiger partial charge in [-0.3, -0.25) is 4.79 Å². The van der Waals surface area contributed by atoms with Gasteiger partial charge in [0.2, 0.25) is 0 Å². The maximum Gasteiger partial charge on any atom is 0.303 e. The third kappa shape index (κ3) is 4.78. The smallest absolute Gasteiger partial charge is 0.303 e. The molecule has 0 amide bonds. The Hall–Kier alpha value is -1.17. The monoisotopic (exact) mass is 336 g/mol. The molecule has 1 aromatic rings. The second-order valence-electron chi connectivity index (χ2n) is 4.03. The van der Waals surface area contributed by atoms with E-state index in [-0.39, 0.29) is 22.9 Å². The predicted molar refractivity (Wildman–Crippen MR) is 70.7 cm³/mol. The number of carbonyl (C=O) groups is 1. The van der Waals surface area contributed by atoms with Crippen LogP contribution in [0.1, 0.15) is 31.7 Å². The summed E-state index contributed by atoms with van der Waals surface area (Å²) >= 11 is 3.10. The third-order valence-electron chi connectivity index (χ3n) is 2.53. The van der Waals surface area contributed by atoms with Crippen LogP contribution in [-0.4, -0.2) is 17.7 Å². The summed E-state index contributed by atoms with van der Waals surface area (Å²) in [6.45, 7) is 2.27. The average molecular weight is 337 g/mol. The van der Waals surface area contributed by atoms with E-state index in [1.54, 1.807) is 0 Å². The molecular weight excluding hydrogens is 322 g/mol. The van der Waals surface area contributed by atoms with Gasteiger partial charge in [0.25, 0.3) is 5.92 Å². The first-order valence-electron chi connectivity index (χ1n) is 5.89. The van der Waals surface area contributed by atoms with Gasteiger partial charge in [-0.15, -0.1) is 0 Å². The van der Waals surface area contributed by atoms with Gasteiger partial charge in [0.1, 0.15) is 5.75 Å². The number of alkyl halides is 2. The molecule has 1 aromatic carbocycles. The highest BCUT2D eigenvalue weighted by Crippen LogP contribution is 2.39. The van der Waals surface area contributed by atoms with Crippen LogP contribution in [0.5, 0.6) is 5.75 Å². The Bertz CT molecular complexity index is 450. The van der Waals surface area contributed by atoms with Crippen LogP contribution in [0.3, 0.4) is 0 Å². The molecule has 0 radical (unpaired) electrons. The molecule has 0 bridgehead atoms. The van der Waals surface area contributed by atoms with E-state index >= 15 is 0 Å². The van der Waals surface area contributed by atoms with Gasteiger partial charge in [-0.05, 0) is 31.5 Å². The molecule has 0 aliphatic rings. The lowest BCUT2D eigenvalue weighted by molar-refractivity contribution is -0.137. The standard InChI is InChI=1S/C13H15BrF2O3/c1-2-19-9-5-6-10(11(14)8-9)13(15,16)7-3-4-12(17)18/h5-6,8H,2-4,7H2,1H3,(H,17,18). The Balaban J connectivity index is 2.79. The summed E-state index contributed by atoms with van der Waals surface area (Å²) in [5, 5.41) is 8.46. The molecule has 0 saturated heterocycles. The molecule has 1 N–H and O–H groups in total. The fraction of sp³-hybridized carbons (Fsp3) is 0.462. The Morgan fingerprint density at radius 1 is 1.47 bits per heavy atom. The van der Waals surface area contributed by atoms with E-state index in [1.165, 1.54) is 18.2 Å². The lowest BCUT2D eigenvalue weighted by atomic mass is 10.0. The first kappa shape index (κ1) is 15.9. The average Bonchev–Trinajstić information content (AvgIpc) is 2.28. The minimum atomic E-state index is -3.06. The largest absolute Gasteiger partial charge is 0.494 e. The summed E-state index contributed by atoms with van der Waals surface area (Å²) in [4.78, 5) is 10.3. The molecule has 0 saturated carbocycles. The summed E-state index contributed by atoms with van der Waals surface area (Å²) in [6, 6.07) is 4.27. The minimum Gasteiger partial charge on any atom is -0.494 e. The van der Waals surface area contributed by atoms with E-state index in [0.717, 1.165) is 0 Å². The molecule has 0 unspecified atom stereocenters. The van der Waals surface area contributed by atoms with E-state index < -0.39 is 18.3 Å². The number of carboxylic acids is 1. The molecule has 1 rings (SSSR count). The van der Waals surface area contributed by atoms with Crippen molar-refractivity contribution >= 4 is 21.9 Å². The number of aliphatic carboxylic acids is 1. The number of hydrogen-bond acceptors (Lipinski definition) is 2. The Labute approximate surface area is 118 Å². The van der Waals surface area contributed by atoms with Crippen molar-refractivity contribution in [2.75, 3.05) is 6.61 Å². The molecular formula is C13H15BrF2O3. The van der Waals surface area contributed by atoms with Crippen molar-refractivity contribution in [2.24, 2.45) is 0 Å². The lowest BCUT2D eigenvalue weighted by Gasteiger charge is -2.18. The minimum absolute atomic E-state index is 0.0675. The zero-order valence-electron chi connectivity index (χ0n) is 10.5. The number of rotatable bonds is 7. The molecule has 0 aliphatic heterocycles. The lowest BCUT2D eigenvalue weighted by Crippen LogP contribution is -2.15. The van der Waals surface area contributed by atoms with E-state index in [9.17, 15) is 13.6 Å². The molecule has 3 nitrogen and oxygen atoms in total. The highest BCUT2D eigenvalue weighted by atomic mass is 79.9. The van der Waals surface area contributed by atoms with Gasteiger partial charge in [0, 0.05) is 22.9 Å². The summed E-state index contributed by atoms with van der Waals surface area (Å²) in [5.74, 6) is -3.61. The normalized spacial score (nSPS) is 11.4. The Kier molecular flexibility index (Phi) is 5.72. The second kappa shape index (κ2) is 6.84. The SMILES string of the molecule is CCOc1ccc(C(F)(F)CCCC(=O)O)c(Br)c1. The van der Waals surface area contributed by atoms with Crippen molar-refractivity contribution in [3.63, 3.8) is 0 Å². The van der Waals surface area contributed by atoms with Gasteiger partial charge in [0.05, 0.1) is 6.61 Å². The van der Waals surface area contributed by atoms with Gasteiger partial charge < -0.3 is 9.84 Å². The van der Waals surface area contributed by atoms with Crippen LogP contribution in [0.2, 0.25) is 0 Å². The number of hydrogen-bond donors (Lipinski definition) is 1. The molecule has 0 atom stereocenters. The van der Waals surface area contributed by atoms with Crippen LogP contribution in [0.15, 0.2) is 22.7 Å². The first-order valence-corrected chi connectivity index (χ1v) is 6.68. The van der Waals surface area contributed by atoms with Gasteiger partial charge in [0.15, 0.2) is 0 Å². The van der Waals surface area contributed by atoms with Crippen LogP contribution < -0.4 is 4.74 Å². The van der Waals surface area contributed by atoms with Crippen molar-refractivity contribution < 1.29 is 23.4 Å². The van der Waals surface area contributed by atoms with Crippen LogP contribution in [-0.2, 0) is 10.7 Å². The summed E-state index contributed by atoms with van der Waals surface area (Å²) in [5.41, 5.74) is -0.152. The van der Waals surface area contributed by atoms with E-state index in [4.69, 9.17) is 9.84 Å². The molecule has 0 aliphatic carbocycles. The predicted octanol–water partition coefficient (Wildman–Crippen LogP) is 4.19. The third-order valence-corrected chi connectivity index (χ3v) is 3.18.